The summed E-state index contributed by atoms with van der Waals surface area (Å²) in [5.74, 6) is 3.49. The van der Waals surface area contributed by atoms with E-state index in [1.54, 1.807) is 0 Å². The number of hydrogen-bond donors (Lipinski definition) is 3. The molecule has 0 unspecified atom stereocenters. The van der Waals surface area contributed by atoms with Crippen molar-refractivity contribution in [1.29, 1.82) is 0 Å². The summed E-state index contributed by atoms with van der Waals surface area (Å²) in [6.07, 6.45) is 3.44. The number of aliphatic hydroxyl groups is 1. The lowest BCUT2D eigenvalue weighted by molar-refractivity contribution is 0.249. The van der Waals surface area contributed by atoms with Crippen LogP contribution < -0.4 is 10.6 Å². The van der Waals surface area contributed by atoms with Gasteiger partial charge in [-0.1, -0.05) is 20.8 Å². The van der Waals surface area contributed by atoms with E-state index in [-0.39, 0.29) is 12.6 Å². The minimum atomic E-state index is 0.0241. The Labute approximate surface area is 121 Å². The Balaban J connectivity index is 2.15. The minimum Gasteiger partial charge on any atom is -0.394 e. The second-order valence-electron chi connectivity index (χ2n) is 5.88. The van der Waals surface area contributed by atoms with Crippen molar-refractivity contribution in [3.63, 3.8) is 0 Å². The molecule has 2 rings (SSSR count). The summed E-state index contributed by atoms with van der Waals surface area (Å²) in [6, 6.07) is 1.96. The summed E-state index contributed by atoms with van der Waals surface area (Å²) < 4.78 is 0. The molecule has 1 heterocycles. The third-order valence-electron chi connectivity index (χ3n) is 3.58. The van der Waals surface area contributed by atoms with Crippen LogP contribution in [0.3, 0.4) is 0 Å². The fourth-order valence-electron chi connectivity index (χ4n) is 2.02. The van der Waals surface area contributed by atoms with Crippen molar-refractivity contribution in [2.75, 3.05) is 23.8 Å². The van der Waals surface area contributed by atoms with E-state index < -0.39 is 0 Å². The molecule has 1 fully saturated rings. The second kappa shape index (κ2) is 6.88. The first-order valence-electron chi connectivity index (χ1n) is 7.64. The van der Waals surface area contributed by atoms with Crippen LogP contribution >= 0.6 is 0 Å². The van der Waals surface area contributed by atoms with Crippen molar-refractivity contribution < 1.29 is 5.11 Å². The second-order valence-corrected chi connectivity index (χ2v) is 5.88. The van der Waals surface area contributed by atoms with Crippen molar-refractivity contribution >= 4 is 11.6 Å². The summed E-state index contributed by atoms with van der Waals surface area (Å²) >= 11 is 0. The molecule has 112 valence electrons. The lowest BCUT2D eigenvalue weighted by atomic mass is 10.1. The molecule has 5 heteroatoms. The Bertz CT molecular complexity index is 432. The maximum Gasteiger partial charge on any atom is 0.136 e. The number of anilines is 2. The summed E-state index contributed by atoms with van der Waals surface area (Å²) in [6.45, 7) is 7.34. The SMILES string of the molecule is CCCNc1cc(N[C@H](CO)C(C)C)nc(C2CC2)n1. The molecular weight excluding hydrogens is 252 g/mol. The van der Waals surface area contributed by atoms with Crippen molar-refractivity contribution in [1.82, 2.24) is 9.97 Å². The molecule has 1 atom stereocenters. The highest BCUT2D eigenvalue weighted by atomic mass is 16.3. The number of hydrogen-bond acceptors (Lipinski definition) is 5. The van der Waals surface area contributed by atoms with Gasteiger partial charge in [0.15, 0.2) is 0 Å². The van der Waals surface area contributed by atoms with Gasteiger partial charge in [0.05, 0.1) is 12.6 Å². The molecule has 0 amide bonds. The average Bonchev–Trinajstić information content (AvgIpc) is 3.26. The topological polar surface area (TPSA) is 70.1 Å². The first-order valence-corrected chi connectivity index (χ1v) is 7.64. The minimum absolute atomic E-state index is 0.0241. The van der Waals surface area contributed by atoms with Crippen LogP contribution in [-0.4, -0.2) is 34.3 Å². The maximum absolute atomic E-state index is 9.44. The Morgan fingerprint density at radius 1 is 1.30 bits per heavy atom. The van der Waals surface area contributed by atoms with Crippen LogP contribution in [0.4, 0.5) is 11.6 Å². The molecule has 0 radical (unpaired) electrons. The molecule has 0 aliphatic heterocycles. The smallest absolute Gasteiger partial charge is 0.136 e. The van der Waals surface area contributed by atoms with Crippen LogP contribution in [0.1, 0.15) is 51.8 Å². The zero-order chi connectivity index (χ0) is 14.5. The van der Waals surface area contributed by atoms with E-state index in [4.69, 9.17) is 0 Å². The van der Waals surface area contributed by atoms with Gasteiger partial charge in [-0.2, -0.15) is 0 Å². The highest BCUT2D eigenvalue weighted by molar-refractivity contribution is 5.48. The van der Waals surface area contributed by atoms with Gasteiger partial charge in [0, 0.05) is 18.5 Å². The average molecular weight is 278 g/mol. The lowest BCUT2D eigenvalue weighted by Gasteiger charge is -2.21. The van der Waals surface area contributed by atoms with Gasteiger partial charge >= 0.3 is 0 Å². The normalized spacial score (nSPS) is 16.2. The van der Waals surface area contributed by atoms with Gasteiger partial charge in [0.25, 0.3) is 0 Å². The molecule has 5 nitrogen and oxygen atoms in total. The molecule has 1 aliphatic carbocycles. The molecule has 3 N–H and O–H groups in total. The van der Waals surface area contributed by atoms with Crippen LogP contribution in [0.25, 0.3) is 0 Å². The van der Waals surface area contributed by atoms with Crippen LogP contribution in [0.2, 0.25) is 0 Å². The number of nitrogens with zero attached hydrogens (tertiary/aromatic N) is 2. The molecular formula is C15H26N4O. The molecule has 1 aromatic rings. The molecule has 1 aromatic heterocycles. The van der Waals surface area contributed by atoms with E-state index in [1.807, 2.05) is 6.07 Å². The fraction of sp³-hybridized carbons (Fsp3) is 0.733. The van der Waals surface area contributed by atoms with E-state index in [0.717, 1.165) is 30.4 Å². The van der Waals surface area contributed by atoms with Gasteiger partial charge in [-0.3, -0.25) is 0 Å². The summed E-state index contributed by atoms with van der Waals surface area (Å²) in [4.78, 5) is 9.19. The maximum atomic E-state index is 9.44. The van der Waals surface area contributed by atoms with E-state index in [0.29, 0.717) is 11.8 Å². The van der Waals surface area contributed by atoms with Crippen LogP contribution in [0.15, 0.2) is 6.07 Å². The Kier molecular flexibility index (Phi) is 5.17. The van der Waals surface area contributed by atoms with Crippen molar-refractivity contribution in [3.05, 3.63) is 11.9 Å². The first kappa shape index (κ1) is 15.0. The van der Waals surface area contributed by atoms with Crippen LogP contribution in [0.5, 0.6) is 0 Å². The van der Waals surface area contributed by atoms with Crippen molar-refractivity contribution in [2.24, 2.45) is 5.92 Å². The molecule has 1 aliphatic rings. The largest absolute Gasteiger partial charge is 0.394 e. The molecule has 1 saturated carbocycles. The third-order valence-corrected chi connectivity index (χ3v) is 3.58. The molecule has 20 heavy (non-hydrogen) atoms. The monoisotopic (exact) mass is 278 g/mol. The Hall–Kier alpha value is -1.36. The zero-order valence-electron chi connectivity index (χ0n) is 12.7. The first-order chi connectivity index (χ1) is 9.63. The number of aromatic nitrogens is 2. The molecule has 0 saturated heterocycles. The van der Waals surface area contributed by atoms with E-state index in [9.17, 15) is 5.11 Å². The molecule has 0 spiro atoms. The number of rotatable bonds is 8. The predicted octanol–water partition coefficient (Wildman–Crippen LogP) is 2.60. The molecule has 0 bridgehead atoms. The van der Waals surface area contributed by atoms with Gasteiger partial charge in [0.2, 0.25) is 0 Å². The van der Waals surface area contributed by atoms with Crippen LogP contribution in [0, 0.1) is 5.92 Å². The highest BCUT2D eigenvalue weighted by Crippen LogP contribution is 2.38. The zero-order valence-corrected chi connectivity index (χ0v) is 12.7. The van der Waals surface area contributed by atoms with E-state index >= 15 is 0 Å². The number of nitrogens with one attached hydrogen (secondary N) is 2. The quantitative estimate of drug-likeness (QED) is 0.682. The van der Waals surface area contributed by atoms with E-state index in [2.05, 4.69) is 41.4 Å². The van der Waals surface area contributed by atoms with Gasteiger partial charge < -0.3 is 15.7 Å². The summed E-state index contributed by atoms with van der Waals surface area (Å²) in [7, 11) is 0. The van der Waals surface area contributed by atoms with Gasteiger partial charge in [-0.25, -0.2) is 9.97 Å². The standard InChI is InChI=1S/C15H26N4O/c1-4-7-16-13-8-14(17-12(9-20)10(2)3)19-15(18-13)11-5-6-11/h8,10-12,20H,4-7,9H2,1-3H3,(H2,16,17,18,19)/t12-/m1/s1. The van der Waals surface area contributed by atoms with Gasteiger partial charge in [-0.15, -0.1) is 0 Å². The Morgan fingerprint density at radius 3 is 2.55 bits per heavy atom. The fourth-order valence-corrected chi connectivity index (χ4v) is 2.02. The number of aliphatic hydroxyl groups excluding tert-OH is 1. The third kappa shape index (κ3) is 4.07. The van der Waals surface area contributed by atoms with Crippen LogP contribution in [-0.2, 0) is 0 Å². The molecule has 0 aromatic carbocycles. The summed E-state index contributed by atoms with van der Waals surface area (Å²) in [5.41, 5.74) is 0. The van der Waals surface area contributed by atoms with E-state index in [1.165, 1.54) is 12.8 Å². The van der Waals surface area contributed by atoms with Crippen molar-refractivity contribution in [3.8, 4) is 0 Å². The highest BCUT2D eigenvalue weighted by Gasteiger charge is 2.27. The Morgan fingerprint density at radius 2 is 2.00 bits per heavy atom. The van der Waals surface area contributed by atoms with Crippen molar-refractivity contribution in [2.45, 2.75) is 52.0 Å². The van der Waals surface area contributed by atoms with Gasteiger partial charge in [-0.05, 0) is 25.2 Å². The van der Waals surface area contributed by atoms with Gasteiger partial charge in [0.1, 0.15) is 17.5 Å². The lowest BCUT2D eigenvalue weighted by Crippen LogP contribution is -2.30. The predicted molar refractivity (Wildman–Crippen MR) is 82.1 cm³/mol. The summed E-state index contributed by atoms with van der Waals surface area (Å²) in [5, 5.41) is 16.1.